The zero-order valence-corrected chi connectivity index (χ0v) is 29.4. The van der Waals surface area contributed by atoms with E-state index in [-0.39, 0.29) is 13.2 Å². The lowest BCUT2D eigenvalue weighted by Gasteiger charge is -2.23. The molecule has 0 amide bonds. The van der Waals surface area contributed by atoms with E-state index >= 15 is 0 Å². The highest BCUT2D eigenvalue weighted by atomic mass is 32.2. The number of rotatable bonds is 14. The standard InChI is InChI=1S/C44H38O6S/c1-29(2)43(45)49-39(31-16-8-5-9-17-31)27-47-41-35-22-14-15-23-36(35)42(38-26-34(24-25-37(38)41)51-33-20-12-7-13-21-33)48-28-40(50-44(46)30(3)4)32-18-10-6-11-19-32/h5-26,39-40H,1,3,27-28H2,2,4H3. The summed E-state index contributed by atoms with van der Waals surface area (Å²) in [5, 5.41) is 3.26. The molecular weight excluding hydrogens is 657 g/mol. The van der Waals surface area contributed by atoms with Gasteiger partial charge in [-0.25, -0.2) is 9.59 Å². The SMILES string of the molecule is C=C(C)C(=O)OC(COc1c2ccccc2c(OCC(OC(=O)C(=C)C)c2ccccc2)c2cc(Sc3ccccc3)ccc12)c1ccccc1. The highest BCUT2D eigenvalue weighted by Crippen LogP contribution is 2.45. The van der Waals surface area contributed by atoms with Gasteiger partial charge in [0.15, 0.2) is 12.2 Å². The first kappa shape index (κ1) is 35.1. The van der Waals surface area contributed by atoms with Crippen LogP contribution in [0.2, 0.25) is 0 Å². The Labute approximate surface area is 302 Å². The van der Waals surface area contributed by atoms with Crippen LogP contribution in [0.5, 0.6) is 11.5 Å². The maximum absolute atomic E-state index is 12.7. The Morgan fingerprint density at radius 3 is 1.41 bits per heavy atom. The summed E-state index contributed by atoms with van der Waals surface area (Å²) < 4.78 is 25.1. The number of carbonyl (C=O) groups excluding carboxylic acids is 2. The number of hydrogen-bond donors (Lipinski definition) is 0. The second-order valence-corrected chi connectivity index (χ2v) is 13.3. The molecule has 0 saturated heterocycles. The van der Waals surface area contributed by atoms with Crippen LogP contribution in [0.1, 0.15) is 37.2 Å². The van der Waals surface area contributed by atoms with Crippen molar-refractivity contribution in [1.82, 2.24) is 0 Å². The topological polar surface area (TPSA) is 71.1 Å². The van der Waals surface area contributed by atoms with Crippen LogP contribution < -0.4 is 9.47 Å². The summed E-state index contributed by atoms with van der Waals surface area (Å²) in [4.78, 5) is 27.5. The van der Waals surface area contributed by atoms with E-state index in [4.69, 9.17) is 18.9 Å². The van der Waals surface area contributed by atoms with E-state index in [0.717, 1.165) is 42.5 Å². The number of fused-ring (bicyclic) bond motifs is 2. The third kappa shape index (κ3) is 8.51. The minimum atomic E-state index is -0.684. The highest BCUT2D eigenvalue weighted by Gasteiger charge is 2.24. The molecule has 0 aliphatic carbocycles. The molecule has 0 aromatic heterocycles. The first-order valence-electron chi connectivity index (χ1n) is 16.6. The predicted molar refractivity (Wildman–Crippen MR) is 203 cm³/mol. The maximum Gasteiger partial charge on any atom is 0.333 e. The van der Waals surface area contributed by atoms with Gasteiger partial charge in [-0.1, -0.05) is 128 Å². The average Bonchev–Trinajstić information content (AvgIpc) is 3.15. The summed E-state index contributed by atoms with van der Waals surface area (Å²) in [6.07, 6.45) is -1.36. The quantitative estimate of drug-likeness (QED) is 0.0638. The number of benzene rings is 6. The number of ether oxygens (including phenoxy) is 4. The molecule has 0 fully saturated rings. The minimum absolute atomic E-state index is 0.0608. The van der Waals surface area contributed by atoms with Gasteiger partial charge in [0.05, 0.1) is 0 Å². The lowest BCUT2D eigenvalue weighted by molar-refractivity contribution is -0.147. The third-order valence-corrected chi connectivity index (χ3v) is 9.17. The molecule has 6 rings (SSSR count). The molecule has 0 aliphatic heterocycles. The van der Waals surface area contributed by atoms with Crippen molar-refractivity contribution in [3.63, 3.8) is 0 Å². The van der Waals surface area contributed by atoms with Crippen molar-refractivity contribution in [3.8, 4) is 11.5 Å². The Kier molecular flexibility index (Phi) is 11.2. The van der Waals surface area contributed by atoms with E-state index in [1.54, 1.807) is 25.6 Å². The summed E-state index contributed by atoms with van der Waals surface area (Å²) >= 11 is 1.64. The van der Waals surface area contributed by atoms with E-state index in [2.05, 4.69) is 37.4 Å². The first-order chi connectivity index (χ1) is 24.8. The van der Waals surface area contributed by atoms with Gasteiger partial charge in [0.1, 0.15) is 24.7 Å². The van der Waals surface area contributed by atoms with Crippen LogP contribution in [0.4, 0.5) is 0 Å². The Bertz CT molecular complexity index is 2180. The van der Waals surface area contributed by atoms with Gasteiger partial charge in [0.2, 0.25) is 0 Å². The van der Waals surface area contributed by atoms with Gasteiger partial charge in [0.25, 0.3) is 0 Å². The van der Waals surface area contributed by atoms with Crippen LogP contribution in [0.25, 0.3) is 21.5 Å². The summed E-state index contributed by atoms with van der Waals surface area (Å²) in [6.45, 7) is 10.9. The fourth-order valence-corrected chi connectivity index (χ4v) is 6.47. The van der Waals surface area contributed by atoms with E-state index in [1.807, 2.05) is 109 Å². The molecule has 256 valence electrons. The smallest absolute Gasteiger partial charge is 0.333 e. The lowest BCUT2D eigenvalue weighted by atomic mass is 10.00. The highest BCUT2D eigenvalue weighted by molar-refractivity contribution is 7.99. The van der Waals surface area contributed by atoms with Crippen LogP contribution >= 0.6 is 11.8 Å². The number of hydrogen-bond acceptors (Lipinski definition) is 7. The van der Waals surface area contributed by atoms with Crippen molar-refractivity contribution in [1.29, 1.82) is 0 Å². The molecule has 0 heterocycles. The zero-order valence-electron chi connectivity index (χ0n) is 28.5. The van der Waals surface area contributed by atoms with Gasteiger partial charge < -0.3 is 18.9 Å². The van der Waals surface area contributed by atoms with Crippen LogP contribution in [-0.4, -0.2) is 25.2 Å². The monoisotopic (exact) mass is 694 g/mol. The van der Waals surface area contributed by atoms with Crippen molar-refractivity contribution in [2.75, 3.05) is 13.2 Å². The lowest BCUT2D eigenvalue weighted by Crippen LogP contribution is -2.19. The molecule has 6 aromatic carbocycles. The maximum atomic E-state index is 12.7. The molecule has 6 aromatic rings. The molecule has 7 heteroatoms. The molecular formula is C44H38O6S. The molecule has 0 saturated carbocycles. The summed E-state index contributed by atoms with van der Waals surface area (Å²) in [6, 6.07) is 43.2. The van der Waals surface area contributed by atoms with E-state index in [1.165, 1.54) is 0 Å². The van der Waals surface area contributed by atoms with Crippen LogP contribution in [-0.2, 0) is 19.1 Å². The van der Waals surface area contributed by atoms with E-state index < -0.39 is 24.1 Å². The van der Waals surface area contributed by atoms with Gasteiger partial charge in [0, 0.05) is 42.5 Å². The Balaban J connectivity index is 1.44. The second-order valence-electron chi connectivity index (χ2n) is 12.1. The largest absolute Gasteiger partial charge is 0.488 e. The minimum Gasteiger partial charge on any atom is -0.488 e. The van der Waals surface area contributed by atoms with Gasteiger partial charge in [-0.15, -0.1) is 0 Å². The molecule has 0 bridgehead atoms. The second kappa shape index (κ2) is 16.3. The number of carbonyl (C=O) groups is 2. The van der Waals surface area contributed by atoms with E-state index in [0.29, 0.717) is 22.6 Å². The van der Waals surface area contributed by atoms with E-state index in [9.17, 15) is 9.59 Å². The summed E-state index contributed by atoms with van der Waals surface area (Å²) in [5.74, 6) is 0.274. The fourth-order valence-electron chi connectivity index (χ4n) is 5.59. The molecule has 6 nitrogen and oxygen atoms in total. The molecule has 0 spiro atoms. The molecule has 0 aliphatic rings. The first-order valence-corrected chi connectivity index (χ1v) is 17.4. The molecule has 0 radical (unpaired) electrons. The Morgan fingerprint density at radius 1 is 0.529 bits per heavy atom. The fraction of sp³-hybridized carbons (Fsp3) is 0.136. The van der Waals surface area contributed by atoms with Crippen molar-refractivity contribution in [2.45, 2.75) is 35.8 Å². The van der Waals surface area contributed by atoms with Crippen molar-refractivity contribution < 1.29 is 28.5 Å². The van der Waals surface area contributed by atoms with Crippen molar-refractivity contribution >= 4 is 45.2 Å². The molecule has 2 unspecified atom stereocenters. The number of esters is 2. The Morgan fingerprint density at radius 2 is 0.941 bits per heavy atom. The van der Waals surface area contributed by atoms with Crippen molar-refractivity contribution in [2.24, 2.45) is 0 Å². The van der Waals surface area contributed by atoms with Crippen LogP contribution in [0, 0.1) is 0 Å². The molecule has 0 N–H and O–H groups in total. The van der Waals surface area contributed by atoms with Gasteiger partial charge >= 0.3 is 11.9 Å². The normalized spacial score (nSPS) is 12.1. The summed E-state index contributed by atoms with van der Waals surface area (Å²) in [5.41, 5.74) is 2.22. The van der Waals surface area contributed by atoms with Gasteiger partial charge in [-0.2, -0.15) is 0 Å². The van der Waals surface area contributed by atoms with Gasteiger partial charge in [-0.3, -0.25) is 0 Å². The van der Waals surface area contributed by atoms with Crippen LogP contribution in [0.3, 0.4) is 0 Å². The molecule has 2 atom stereocenters. The molecule has 51 heavy (non-hydrogen) atoms. The van der Waals surface area contributed by atoms with Crippen molar-refractivity contribution in [3.05, 3.63) is 169 Å². The average molecular weight is 695 g/mol. The predicted octanol–water partition coefficient (Wildman–Crippen LogP) is 10.6. The third-order valence-electron chi connectivity index (χ3n) is 8.17. The summed E-state index contributed by atoms with van der Waals surface area (Å²) in [7, 11) is 0. The Hall–Kier alpha value is -5.79. The van der Waals surface area contributed by atoms with Gasteiger partial charge in [-0.05, 0) is 55.3 Å². The van der Waals surface area contributed by atoms with Crippen LogP contribution in [0.15, 0.2) is 168 Å². The zero-order chi connectivity index (χ0) is 35.7.